The van der Waals surface area contributed by atoms with Crippen molar-refractivity contribution in [2.24, 2.45) is 5.16 Å². The minimum absolute atomic E-state index is 0.188. The van der Waals surface area contributed by atoms with E-state index in [1.165, 1.54) is 0 Å². The van der Waals surface area contributed by atoms with Gasteiger partial charge in [-0.1, -0.05) is 16.8 Å². The predicted molar refractivity (Wildman–Crippen MR) is 95.3 cm³/mol. The van der Waals surface area contributed by atoms with E-state index in [4.69, 9.17) is 30.6 Å². The van der Waals surface area contributed by atoms with Crippen molar-refractivity contribution in [1.29, 1.82) is 0 Å². The number of carbonyl (C=O) groups excluding carboxylic acids is 2. The van der Waals surface area contributed by atoms with Crippen LogP contribution in [-0.2, 0) is 14.4 Å². The third kappa shape index (κ3) is 4.53. The Bertz CT molecular complexity index is 863. The number of ketones is 1. The molecule has 0 unspecified atom stereocenters. The average molecular weight is 396 g/mol. The molecule has 0 spiro atoms. The molecule has 0 radical (unpaired) electrons. The van der Waals surface area contributed by atoms with E-state index in [0.717, 1.165) is 16.9 Å². The minimum Gasteiger partial charge on any atom is -0.455 e. The number of esters is 1. The Kier molecular flexibility index (Phi) is 5.75. The third-order valence-corrected chi connectivity index (χ3v) is 4.66. The Labute approximate surface area is 158 Å². The standard InChI is InChI=1S/C17H14ClNO6S/c1-10(11-2-3-13-14(6-11)24-9-23-13)19-25-8-17(21)22-7-12(20)15-4-5-16(18)26-15/h2-6H,7-9H2,1H3. The number of benzene rings is 1. The first-order valence-corrected chi connectivity index (χ1v) is 8.73. The van der Waals surface area contributed by atoms with Crippen LogP contribution in [0.4, 0.5) is 0 Å². The smallest absolute Gasteiger partial charge is 0.347 e. The Morgan fingerprint density at radius 2 is 2.00 bits per heavy atom. The van der Waals surface area contributed by atoms with E-state index in [1.807, 2.05) is 0 Å². The number of carbonyl (C=O) groups is 2. The SMILES string of the molecule is CC(=NOCC(=O)OCC(=O)c1ccc(Cl)s1)c1ccc2c(c1)OCO2. The molecule has 9 heteroatoms. The lowest BCUT2D eigenvalue weighted by Gasteiger charge is -2.04. The number of hydrogen-bond donors (Lipinski definition) is 0. The number of hydrogen-bond acceptors (Lipinski definition) is 8. The van der Waals surface area contributed by atoms with Crippen LogP contribution in [-0.4, -0.2) is 37.5 Å². The molecule has 0 saturated heterocycles. The second-order valence-corrected chi connectivity index (χ2v) is 6.92. The second-order valence-electron chi connectivity index (χ2n) is 5.21. The largest absolute Gasteiger partial charge is 0.455 e. The number of rotatable bonds is 7. The summed E-state index contributed by atoms with van der Waals surface area (Å²) in [5, 5.41) is 3.87. The summed E-state index contributed by atoms with van der Waals surface area (Å²) < 4.78 is 15.9. The molecule has 0 fully saturated rings. The van der Waals surface area contributed by atoms with Gasteiger partial charge in [-0.3, -0.25) is 4.79 Å². The molecule has 2 aromatic rings. The second kappa shape index (κ2) is 8.20. The van der Waals surface area contributed by atoms with Crippen molar-refractivity contribution in [3.8, 4) is 11.5 Å². The summed E-state index contributed by atoms with van der Waals surface area (Å²) in [6.45, 7) is 1.14. The van der Waals surface area contributed by atoms with Gasteiger partial charge in [0.05, 0.1) is 14.9 Å². The van der Waals surface area contributed by atoms with Crippen molar-refractivity contribution in [1.82, 2.24) is 0 Å². The van der Waals surface area contributed by atoms with Crippen LogP contribution in [0, 0.1) is 0 Å². The topological polar surface area (TPSA) is 83.4 Å². The molecular weight excluding hydrogens is 382 g/mol. The van der Waals surface area contributed by atoms with Crippen molar-refractivity contribution in [3.63, 3.8) is 0 Å². The Morgan fingerprint density at radius 1 is 1.19 bits per heavy atom. The summed E-state index contributed by atoms with van der Waals surface area (Å²) >= 11 is 6.88. The molecule has 0 N–H and O–H groups in total. The van der Waals surface area contributed by atoms with Crippen molar-refractivity contribution in [3.05, 3.63) is 45.1 Å². The van der Waals surface area contributed by atoms with Gasteiger partial charge in [0.25, 0.3) is 0 Å². The van der Waals surface area contributed by atoms with E-state index < -0.39 is 12.6 Å². The molecule has 136 valence electrons. The van der Waals surface area contributed by atoms with Crippen molar-refractivity contribution < 1.29 is 28.6 Å². The molecule has 3 rings (SSSR count). The van der Waals surface area contributed by atoms with Gasteiger partial charge in [0.15, 0.2) is 18.1 Å². The first kappa shape index (κ1) is 18.2. The Hall–Kier alpha value is -2.58. The number of nitrogens with zero attached hydrogens (tertiary/aromatic N) is 1. The van der Waals surface area contributed by atoms with Gasteiger partial charge in [-0.2, -0.15) is 0 Å². The summed E-state index contributed by atoms with van der Waals surface area (Å²) in [6, 6.07) is 8.54. The highest BCUT2D eigenvalue weighted by molar-refractivity contribution is 7.18. The van der Waals surface area contributed by atoms with Gasteiger partial charge >= 0.3 is 5.97 Å². The number of halogens is 1. The maximum atomic E-state index is 11.8. The Balaban J connectivity index is 1.45. The lowest BCUT2D eigenvalue weighted by atomic mass is 10.1. The zero-order valence-electron chi connectivity index (χ0n) is 13.7. The summed E-state index contributed by atoms with van der Waals surface area (Å²) in [4.78, 5) is 28.8. The minimum atomic E-state index is -0.691. The van der Waals surface area contributed by atoms with Crippen LogP contribution >= 0.6 is 22.9 Å². The highest BCUT2D eigenvalue weighted by Crippen LogP contribution is 2.32. The van der Waals surface area contributed by atoms with Gasteiger partial charge in [-0.25, -0.2) is 4.79 Å². The van der Waals surface area contributed by atoms with Crippen molar-refractivity contribution in [2.45, 2.75) is 6.92 Å². The predicted octanol–water partition coefficient (Wildman–Crippen LogP) is 3.30. The maximum absolute atomic E-state index is 11.8. The summed E-state index contributed by atoms with van der Waals surface area (Å²) in [7, 11) is 0. The van der Waals surface area contributed by atoms with Crippen LogP contribution in [0.25, 0.3) is 0 Å². The molecule has 26 heavy (non-hydrogen) atoms. The first-order chi connectivity index (χ1) is 12.5. The van der Waals surface area contributed by atoms with E-state index in [1.54, 1.807) is 37.3 Å². The first-order valence-electron chi connectivity index (χ1n) is 7.53. The molecule has 0 atom stereocenters. The molecule has 0 bridgehead atoms. The summed E-state index contributed by atoms with van der Waals surface area (Å²) in [5.74, 6) is 0.282. The monoisotopic (exact) mass is 395 g/mol. The molecule has 1 aliphatic heterocycles. The van der Waals surface area contributed by atoms with Gasteiger partial charge in [-0.05, 0) is 37.3 Å². The van der Waals surface area contributed by atoms with Crippen molar-refractivity contribution in [2.75, 3.05) is 20.0 Å². The van der Waals surface area contributed by atoms with Gasteiger partial charge < -0.3 is 19.0 Å². The van der Waals surface area contributed by atoms with Crippen LogP contribution in [0.3, 0.4) is 0 Å². The highest BCUT2D eigenvalue weighted by atomic mass is 35.5. The normalized spacial score (nSPS) is 12.8. The van der Waals surface area contributed by atoms with Gasteiger partial charge in [0.2, 0.25) is 19.2 Å². The number of ether oxygens (including phenoxy) is 3. The maximum Gasteiger partial charge on any atom is 0.347 e. The van der Waals surface area contributed by atoms with Gasteiger partial charge in [-0.15, -0.1) is 11.3 Å². The Morgan fingerprint density at radius 3 is 2.77 bits per heavy atom. The lowest BCUT2D eigenvalue weighted by Crippen LogP contribution is -2.17. The van der Waals surface area contributed by atoms with Crippen LogP contribution in [0.1, 0.15) is 22.2 Å². The third-order valence-electron chi connectivity index (χ3n) is 3.39. The van der Waals surface area contributed by atoms with Crippen LogP contribution in [0.5, 0.6) is 11.5 Å². The quantitative estimate of drug-likeness (QED) is 0.309. The number of Topliss-reactive ketones (excluding diaryl/α,β-unsaturated/α-hetero) is 1. The zero-order chi connectivity index (χ0) is 18.5. The van der Waals surface area contributed by atoms with E-state index in [2.05, 4.69) is 5.16 Å². The van der Waals surface area contributed by atoms with E-state index in [9.17, 15) is 9.59 Å². The molecule has 0 amide bonds. The molecule has 1 aromatic heterocycles. The van der Waals surface area contributed by atoms with E-state index in [-0.39, 0.29) is 19.2 Å². The lowest BCUT2D eigenvalue weighted by molar-refractivity contribution is -0.147. The molecule has 0 aliphatic carbocycles. The average Bonchev–Trinajstić information content (AvgIpc) is 3.27. The zero-order valence-corrected chi connectivity index (χ0v) is 15.3. The molecule has 0 saturated carbocycles. The fourth-order valence-corrected chi connectivity index (χ4v) is 3.05. The van der Waals surface area contributed by atoms with Gasteiger partial charge in [0, 0.05) is 5.56 Å². The molecule has 1 aliphatic rings. The fourth-order valence-electron chi connectivity index (χ4n) is 2.08. The number of oxime groups is 1. The van der Waals surface area contributed by atoms with Crippen LogP contribution in [0.15, 0.2) is 35.5 Å². The van der Waals surface area contributed by atoms with Crippen LogP contribution in [0.2, 0.25) is 4.34 Å². The van der Waals surface area contributed by atoms with Gasteiger partial charge in [0.1, 0.15) is 0 Å². The molecule has 1 aromatic carbocycles. The summed E-state index contributed by atoms with van der Waals surface area (Å²) in [5.41, 5.74) is 1.33. The van der Waals surface area contributed by atoms with E-state index >= 15 is 0 Å². The van der Waals surface area contributed by atoms with E-state index in [0.29, 0.717) is 26.4 Å². The van der Waals surface area contributed by atoms with Crippen molar-refractivity contribution >= 4 is 40.4 Å². The van der Waals surface area contributed by atoms with Crippen LogP contribution < -0.4 is 9.47 Å². The number of thiophene rings is 1. The molecule has 7 nitrogen and oxygen atoms in total. The molecule has 2 heterocycles. The summed E-state index contributed by atoms with van der Waals surface area (Å²) in [6.07, 6.45) is 0. The highest BCUT2D eigenvalue weighted by Gasteiger charge is 2.15. The number of fused-ring (bicyclic) bond motifs is 1. The fraction of sp³-hybridized carbons (Fsp3) is 0.235. The molecular formula is C17H14ClNO6S.